The largest absolute Gasteiger partial charge is 0.385 e. The molecule has 0 aliphatic rings. The standard InChI is InChI=1S/C16H24N2O2/c1-19-11-3-12-20-13-10-18-9-7-15-5-2-4-14(6-8-17)16(15)18/h2,4-5,7,9H,3,6,8,10-13,17H2,1H3. The second kappa shape index (κ2) is 8.04. The van der Waals surface area contributed by atoms with Gasteiger partial charge in [0.2, 0.25) is 0 Å². The van der Waals surface area contributed by atoms with Crippen LogP contribution in [0.2, 0.25) is 0 Å². The van der Waals surface area contributed by atoms with Crippen LogP contribution in [0.5, 0.6) is 0 Å². The molecule has 0 bridgehead atoms. The van der Waals surface area contributed by atoms with Gasteiger partial charge in [0.25, 0.3) is 0 Å². The number of para-hydroxylation sites is 1. The normalized spacial score (nSPS) is 11.3. The van der Waals surface area contributed by atoms with E-state index in [-0.39, 0.29) is 0 Å². The summed E-state index contributed by atoms with van der Waals surface area (Å²) in [4.78, 5) is 0. The van der Waals surface area contributed by atoms with Gasteiger partial charge in [-0.1, -0.05) is 18.2 Å². The molecule has 4 heteroatoms. The summed E-state index contributed by atoms with van der Waals surface area (Å²) >= 11 is 0. The van der Waals surface area contributed by atoms with E-state index < -0.39 is 0 Å². The summed E-state index contributed by atoms with van der Waals surface area (Å²) in [5, 5.41) is 1.27. The molecule has 0 aliphatic carbocycles. The number of hydrogen-bond acceptors (Lipinski definition) is 3. The second-order valence-corrected chi connectivity index (χ2v) is 4.86. The minimum atomic E-state index is 0.678. The van der Waals surface area contributed by atoms with Gasteiger partial charge in [-0.25, -0.2) is 0 Å². The van der Waals surface area contributed by atoms with Crippen molar-refractivity contribution in [3.05, 3.63) is 36.0 Å². The Morgan fingerprint density at radius 1 is 1.15 bits per heavy atom. The zero-order valence-electron chi connectivity index (χ0n) is 12.2. The number of nitrogens with zero attached hydrogens (tertiary/aromatic N) is 1. The minimum Gasteiger partial charge on any atom is -0.385 e. The molecule has 1 aromatic heterocycles. The first-order valence-electron chi connectivity index (χ1n) is 7.20. The monoisotopic (exact) mass is 276 g/mol. The highest BCUT2D eigenvalue weighted by Gasteiger charge is 2.05. The molecule has 110 valence electrons. The van der Waals surface area contributed by atoms with Crippen LogP contribution in [0, 0.1) is 0 Å². The molecule has 0 aliphatic heterocycles. The predicted octanol–water partition coefficient (Wildman–Crippen LogP) is 2.20. The van der Waals surface area contributed by atoms with Crippen molar-refractivity contribution in [3.63, 3.8) is 0 Å². The average molecular weight is 276 g/mol. The molecule has 0 saturated heterocycles. The van der Waals surface area contributed by atoms with Crippen LogP contribution in [0.15, 0.2) is 30.5 Å². The molecule has 2 aromatic rings. The van der Waals surface area contributed by atoms with Crippen molar-refractivity contribution >= 4 is 10.9 Å². The molecule has 0 fully saturated rings. The molecule has 0 saturated carbocycles. The van der Waals surface area contributed by atoms with Crippen molar-refractivity contribution in [1.29, 1.82) is 0 Å². The first kappa shape index (κ1) is 15.0. The zero-order valence-corrected chi connectivity index (χ0v) is 12.2. The van der Waals surface area contributed by atoms with E-state index in [0.717, 1.165) is 39.2 Å². The van der Waals surface area contributed by atoms with Crippen molar-refractivity contribution in [3.8, 4) is 0 Å². The second-order valence-electron chi connectivity index (χ2n) is 4.86. The van der Waals surface area contributed by atoms with E-state index in [1.54, 1.807) is 7.11 Å². The van der Waals surface area contributed by atoms with Crippen LogP contribution in [0.1, 0.15) is 12.0 Å². The Kier molecular flexibility index (Phi) is 6.05. The fraction of sp³-hybridized carbons (Fsp3) is 0.500. The molecule has 1 aromatic carbocycles. The highest BCUT2D eigenvalue weighted by Crippen LogP contribution is 2.20. The van der Waals surface area contributed by atoms with E-state index in [1.807, 2.05) is 0 Å². The highest BCUT2D eigenvalue weighted by molar-refractivity contribution is 5.83. The number of nitrogens with two attached hydrogens (primary N) is 1. The SMILES string of the molecule is COCCCOCCn1ccc2cccc(CCN)c21. The molecule has 4 nitrogen and oxygen atoms in total. The van der Waals surface area contributed by atoms with Gasteiger partial charge in [-0.3, -0.25) is 0 Å². The summed E-state index contributed by atoms with van der Waals surface area (Å²) < 4.78 is 12.9. The van der Waals surface area contributed by atoms with E-state index in [2.05, 4.69) is 35.0 Å². The van der Waals surface area contributed by atoms with Crippen molar-refractivity contribution < 1.29 is 9.47 Å². The maximum atomic E-state index is 5.69. The number of fused-ring (bicyclic) bond motifs is 1. The lowest BCUT2D eigenvalue weighted by atomic mass is 10.1. The highest BCUT2D eigenvalue weighted by atomic mass is 16.5. The summed E-state index contributed by atoms with van der Waals surface area (Å²) in [5.41, 5.74) is 8.30. The number of methoxy groups -OCH3 is 1. The maximum absolute atomic E-state index is 5.69. The molecule has 20 heavy (non-hydrogen) atoms. The van der Waals surface area contributed by atoms with E-state index in [0.29, 0.717) is 6.54 Å². The summed E-state index contributed by atoms with van der Waals surface area (Å²) in [6.45, 7) is 3.79. The first-order valence-corrected chi connectivity index (χ1v) is 7.20. The molecule has 0 atom stereocenters. The molecule has 1 heterocycles. The lowest BCUT2D eigenvalue weighted by molar-refractivity contribution is 0.0982. The van der Waals surface area contributed by atoms with Gasteiger partial charge in [0, 0.05) is 33.1 Å². The lowest BCUT2D eigenvalue weighted by Gasteiger charge is -2.10. The Morgan fingerprint density at radius 2 is 2.05 bits per heavy atom. The molecule has 0 radical (unpaired) electrons. The molecule has 2 N–H and O–H groups in total. The third-order valence-electron chi connectivity index (χ3n) is 3.40. The number of rotatable bonds is 9. The molecular weight excluding hydrogens is 252 g/mol. The summed E-state index contributed by atoms with van der Waals surface area (Å²) in [5.74, 6) is 0. The van der Waals surface area contributed by atoms with Gasteiger partial charge >= 0.3 is 0 Å². The topological polar surface area (TPSA) is 49.4 Å². The van der Waals surface area contributed by atoms with Gasteiger partial charge in [-0.05, 0) is 36.4 Å². The van der Waals surface area contributed by atoms with E-state index in [4.69, 9.17) is 15.2 Å². The third kappa shape index (κ3) is 3.82. The van der Waals surface area contributed by atoms with E-state index >= 15 is 0 Å². The van der Waals surface area contributed by atoms with Crippen molar-refractivity contribution in [2.45, 2.75) is 19.4 Å². The average Bonchev–Trinajstić information content (AvgIpc) is 2.87. The number of benzene rings is 1. The maximum Gasteiger partial charge on any atom is 0.0645 e. The fourth-order valence-corrected chi connectivity index (χ4v) is 2.45. The Hall–Kier alpha value is -1.36. The smallest absolute Gasteiger partial charge is 0.0645 e. The van der Waals surface area contributed by atoms with Crippen molar-refractivity contribution in [1.82, 2.24) is 4.57 Å². The number of hydrogen-bond donors (Lipinski definition) is 1. The summed E-state index contributed by atoms with van der Waals surface area (Å²) in [6, 6.07) is 8.55. The molecule has 0 spiro atoms. The van der Waals surface area contributed by atoms with Gasteiger partial charge in [-0.15, -0.1) is 0 Å². The Bertz CT molecular complexity index is 522. The molecule has 0 amide bonds. The van der Waals surface area contributed by atoms with Gasteiger partial charge in [0.1, 0.15) is 0 Å². The van der Waals surface area contributed by atoms with Crippen LogP contribution in [-0.2, 0) is 22.4 Å². The quantitative estimate of drug-likeness (QED) is 0.714. The number of ether oxygens (including phenoxy) is 2. The van der Waals surface area contributed by atoms with Gasteiger partial charge in [0.15, 0.2) is 0 Å². The van der Waals surface area contributed by atoms with Gasteiger partial charge in [0.05, 0.1) is 12.1 Å². The van der Waals surface area contributed by atoms with Crippen molar-refractivity contribution in [2.75, 3.05) is 33.5 Å². The Balaban J connectivity index is 1.96. The third-order valence-corrected chi connectivity index (χ3v) is 3.40. The first-order chi connectivity index (χ1) is 9.86. The van der Waals surface area contributed by atoms with Crippen molar-refractivity contribution in [2.24, 2.45) is 5.73 Å². The minimum absolute atomic E-state index is 0.678. The molecular formula is C16H24N2O2. The van der Waals surface area contributed by atoms with Crippen LogP contribution in [-0.4, -0.2) is 38.0 Å². The van der Waals surface area contributed by atoms with Crippen LogP contribution < -0.4 is 5.73 Å². The zero-order chi connectivity index (χ0) is 14.2. The van der Waals surface area contributed by atoms with E-state index in [9.17, 15) is 0 Å². The molecule has 0 unspecified atom stereocenters. The Labute approximate surface area is 120 Å². The van der Waals surface area contributed by atoms with Crippen LogP contribution in [0.25, 0.3) is 10.9 Å². The molecule has 2 rings (SSSR count). The fourth-order valence-electron chi connectivity index (χ4n) is 2.45. The van der Waals surface area contributed by atoms with E-state index in [1.165, 1.54) is 16.5 Å². The van der Waals surface area contributed by atoms with Gasteiger partial charge < -0.3 is 19.8 Å². The van der Waals surface area contributed by atoms with Crippen LogP contribution >= 0.6 is 0 Å². The Morgan fingerprint density at radius 3 is 2.85 bits per heavy atom. The van der Waals surface area contributed by atoms with Crippen LogP contribution in [0.4, 0.5) is 0 Å². The number of aromatic nitrogens is 1. The van der Waals surface area contributed by atoms with Gasteiger partial charge in [-0.2, -0.15) is 0 Å². The summed E-state index contributed by atoms with van der Waals surface area (Å²) in [6.07, 6.45) is 3.99. The lowest BCUT2D eigenvalue weighted by Crippen LogP contribution is -2.09. The summed E-state index contributed by atoms with van der Waals surface area (Å²) in [7, 11) is 1.71. The predicted molar refractivity (Wildman–Crippen MR) is 82.0 cm³/mol. The van der Waals surface area contributed by atoms with Crippen LogP contribution in [0.3, 0.4) is 0 Å².